The number of hydrogen-bond donors (Lipinski definition) is 3. The molecular weight excluding hydrogens is 570 g/mol. The number of amides is 1. The first-order valence-electron chi connectivity index (χ1n) is 12.1. The van der Waals surface area contributed by atoms with Crippen LogP contribution in [0.25, 0.3) is 6.08 Å². The number of esters is 2. The van der Waals surface area contributed by atoms with Crippen LogP contribution in [0.5, 0.6) is 11.5 Å². The van der Waals surface area contributed by atoms with E-state index in [1.54, 1.807) is 0 Å². The SMILES string of the molecule is CCc1cc(OC(F)(F)F)cc2c1O[C@H](C(F)(F)F)C(C(=O)OCCOC(=O)[C@H](CCCN=C(N)N)NC(C)=O)=C2. The first-order chi connectivity index (χ1) is 19.0. The van der Waals surface area contributed by atoms with E-state index >= 15 is 0 Å². The zero-order valence-electron chi connectivity index (χ0n) is 21.9. The van der Waals surface area contributed by atoms with Crippen LogP contribution in [0.15, 0.2) is 22.7 Å². The third-order valence-electron chi connectivity index (χ3n) is 5.31. The molecule has 1 aromatic carbocycles. The highest BCUT2D eigenvalue weighted by atomic mass is 19.4. The van der Waals surface area contributed by atoms with E-state index in [2.05, 4.69) is 15.0 Å². The molecule has 0 saturated heterocycles. The van der Waals surface area contributed by atoms with Crippen molar-refractivity contribution in [3.8, 4) is 11.5 Å². The first-order valence-corrected chi connectivity index (χ1v) is 12.1. The molecule has 17 heteroatoms. The van der Waals surface area contributed by atoms with E-state index in [0.717, 1.165) is 19.1 Å². The summed E-state index contributed by atoms with van der Waals surface area (Å²) in [5.74, 6) is -4.21. The fraction of sp³-hybridized carbons (Fsp3) is 0.500. The van der Waals surface area contributed by atoms with Crippen molar-refractivity contribution in [2.45, 2.75) is 57.8 Å². The monoisotopic (exact) mass is 598 g/mol. The second-order valence-electron chi connectivity index (χ2n) is 8.55. The molecule has 0 radical (unpaired) electrons. The van der Waals surface area contributed by atoms with Gasteiger partial charge in [-0.1, -0.05) is 6.92 Å². The molecule has 1 heterocycles. The van der Waals surface area contributed by atoms with Gasteiger partial charge in [-0.15, -0.1) is 13.2 Å². The van der Waals surface area contributed by atoms with E-state index < -0.39 is 67.1 Å². The van der Waals surface area contributed by atoms with Gasteiger partial charge in [-0.25, -0.2) is 9.59 Å². The Bertz CT molecular complexity index is 1180. The van der Waals surface area contributed by atoms with Crippen molar-refractivity contribution in [3.05, 3.63) is 28.8 Å². The molecule has 0 spiro atoms. The smallest absolute Gasteiger partial charge is 0.475 e. The number of hydrogen-bond acceptors (Lipinski definition) is 8. The number of nitrogens with zero attached hydrogens (tertiary/aromatic N) is 1. The number of guanidine groups is 1. The second-order valence-corrected chi connectivity index (χ2v) is 8.55. The normalized spacial score (nSPS) is 15.4. The van der Waals surface area contributed by atoms with Crippen LogP contribution >= 0.6 is 0 Å². The molecule has 5 N–H and O–H groups in total. The van der Waals surface area contributed by atoms with Gasteiger partial charge in [0.1, 0.15) is 30.8 Å². The van der Waals surface area contributed by atoms with Crippen LogP contribution in [0.1, 0.15) is 37.8 Å². The lowest BCUT2D eigenvalue weighted by atomic mass is 9.97. The minimum atomic E-state index is -5.09. The molecule has 0 aromatic heterocycles. The van der Waals surface area contributed by atoms with Crippen molar-refractivity contribution in [1.29, 1.82) is 0 Å². The molecule has 1 aliphatic heterocycles. The predicted octanol–water partition coefficient (Wildman–Crippen LogP) is 2.50. The predicted molar refractivity (Wildman–Crippen MR) is 130 cm³/mol. The number of rotatable bonds is 12. The molecule has 1 aromatic rings. The average molecular weight is 598 g/mol. The maximum atomic E-state index is 13.8. The summed E-state index contributed by atoms with van der Waals surface area (Å²) in [6, 6.07) is 0.568. The molecule has 2 rings (SSSR count). The molecule has 2 atom stereocenters. The summed E-state index contributed by atoms with van der Waals surface area (Å²) in [7, 11) is 0. The lowest BCUT2D eigenvalue weighted by Crippen LogP contribution is -2.42. The van der Waals surface area contributed by atoms with Crippen LogP contribution in [0.3, 0.4) is 0 Å². The Morgan fingerprint density at radius 2 is 1.76 bits per heavy atom. The van der Waals surface area contributed by atoms with Gasteiger partial charge in [0, 0.05) is 19.0 Å². The van der Waals surface area contributed by atoms with Crippen LogP contribution in [-0.4, -0.2) is 68.2 Å². The van der Waals surface area contributed by atoms with Gasteiger partial charge in [0.25, 0.3) is 0 Å². The molecule has 0 unspecified atom stereocenters. The number of aryl methyl sites for hydroxylation is 1. The summed E-state index contributed by atoms with van der Waals surface area (Å²) in [5, 5.41) is 2.37. The van der Waals surface area contributed by atoms with Gasteiger partial charge in [0.15, 0.2) is 5.96 Å². The summed E-state index contributed by atoms with van der Waals surface area (Å²) >= 11 is 0. The van der Waals surface area contributed by atoms with E-state index in [1.807, 2.05) is 0 Å². The van der Waals surface area contributed by atoms with Crippen LogP contribution in [0.4, 0.5) is 26.3 Å². The minimum absolute atomic E-state index is 0.00524. The zero-order chi connectivity index (χ0) is 31.0. The number of halogens is 6. The molecule has 0 fully saturated rings. The molecule has 0 aliphatic carbocycles. The quantitative estimate of drug-likeness (QED) is 0.108. The van der Waals surface area contributed by atoms with E-state index in [0.29, 0.717) is 6.08 Å². The van der Waals surface area contributed by atoms with E-state index in [4.69, 9.17) is 25.7 Å². The Kier molecular flexibility index (Phi) is 11.2. The summed E-state index contributed by atoms with van der Waals surface area (Å²) in [4.78, 5) is 40.0. The topological polar surface area (TPSA) is 165 Å². The maximum Gasteiger partial charge on any atom is 0.573 e. The van der Waals surface area contributed by atoms with Gasteiger partial charge in [-0.05, 0) is 43.0 Å². The van der Waals surface area contributed by atoms with Crippen LogP contribution in [-0.2, 0) is 30.3 Å². The lowest BCUT2D eigenvalue weighted by molar-refractivity contribution is -0.274. The summed E-state index contributed by atoms with van der Waals surface area (Å²) in [5.41, 5.74) is 9.10. The molecule has 228 valence electrons. The highest BCUT2D eigenvalue weighted by Gasteiger charge is 2.49. The van der Waals surface area contributed by atoms with Crippen LogP contribution < -0.4 is 26.3 Å². The molecule has 0 bridgehead atoms. The Morgan fingerprint density at radius 3 is 2.32 bits per heavy atom. The summed E-state index contributed by atoms with van der Waals surface area (Å²) in [6.07, 6.45) is -11.9. The summed E-state index contributed by atoms with van der Waals surface area (Å²) in [6.45, 7) is 1.54. The number of benzene rings is 1. The van der Waals surface area contributed by atoms with Crippen molar-refractivity contribution < 1.29 is 59.7 Å². The van der Waals surface area contributed by atoms with E-state index in [9.17, 15) is 40.7 Å². The van der Waals surface area contributed by atoms with Crippen molar-refractivity contribution in [2.24, 2.45) is 16.5 Å². The largest absolute Gasteiger partial charge is 0.573 e. The van der Waals surface area contributed by atoms with Crippen LogP contribution in [0, 0.1) is 0 Å². The number of fused-ring (bicyclic) bond motifs is 1. The molecule has 41 heavy (non-hydrogen) atoms. The van der Waals surface area contributed by atoms with Gasteiger partial charge in [0.05, 0.1) is 5.57 Å². The van der Waals surface area contributed by atoms with Crippen LogP contribution in [0.2, 0.25) is 0 Å². The van der Waals surface area contributed by atoms with Gasteiger partial charge < -0.3 is 35.7 Å². The molecule has 0 saturated carbocycles. The second kappa shape index (κ2) is 13.9. The third-order valence-corrected chi connectivity index (χ3v) is 5.31. The minimum Gasteiger partial charge on any atom is -0.475 e. The number of ether oxygens (including phenoxy) is 4. The average Bonchev–Trinajstić information content (AvgIpc) is 2.84. The lowest BCUT2D eigenvalue weighted by Gasteiger charge is -2.29. The zero-order valence-corrected chi connectivity index (χ0v) is 21.9. The maximum absolute atomic E-state index is 13.8. The van der Waals surface area contributed by atoms with Gasteiger partial charge >= 0.3 is 24.5 Å². The molecule has 1 aliphatic rings. The van der Waals surface area contributed by atoms with Crippen molar-refractivity contribution >= 4 is 29.9 Å². The highest BCUT2D eigenvalue weighted by molar-refractivity contribution is 5.96. The number of alkyl halides is 6. The Balaban J connectivity index is 2.13. The molecule has 11 nitrogen and oxygen atoms in total. The molecular formula is C24H28F6N4O7. The van der Waals surface area contributed by atoms with Crippen molar-refractivity contribution in [1.82, 2.24) is 5.32 Å². The van der Waals surface area contributed by atoms with E-state index in [1.165, 1.54) is 6.92 Å². The first kappa shape index (κ1) is 33.0. The fourth-order valence-electron chi connectivity index (χ4n) is 3.68. The van der Waals surface area contributed by atoms with Gasteiger partial charge in [-0.3, -0.25) is 9.79 Å². The Morgan fingerprint density at radius 1 is 1.10 bits per heavy atom. The third kappa shape index (κ3) is 10.4. The number of aliphatic imine (C=N–C) groups is 1. The number of carbonyl (C=O) groups is 3. The molecule has 1 amide bonds. The van der Waals surface area contributed by atoms with Crippen molar-refractivity contribution in [2.75, 3.05) is 19.8 Å². The standard InChI is InChI=1S/C24H28F6N4O7/c1-3-13-9-15(41-24(28,29)30)10-14-11-16(19(23(25,26)27)40-18(13)14)20(36)38-7-8-39-21(37)17(34-12(2)35)5-4-6-33-22(31)32/h9-11,17,19H,3-8H2,1-2H3,(H,34,35)(H4,31,32,33)/t17-,19-/m0/s1. The number of nitrogens with two attached hydrogens (primary N) is 2. The highest BCUT2D eigenvalue weighted by Crippen LogP contribution is 2.42. The van der Waals surface area contributed by atoms with Gasteiger partial charge in [-0.2, -0.15) is 13.2 Å². The Hall–Kier alpha value is -4.18. The van der Waals surface area contributed by atoms with E-state index in [-0.39, 0.29) is 48.6 Å². The Labute approximate surface area is 229 Å². The number of nitrogens with one attached hydrogen (secondary N) is 1. The fourth-order valence-corrected chi connectivity index (χ4v) is 3.68. The number of carbonyl (C=O) groups excluding carboxylic acids is 3. The van der Waals surface area contributed by atoms with Crippen molar-refractivity contribution in [3.63, 3.8) is 0 Å². The summed E-state index contributed by atoms with van der Waals surface area (Å²) < 4.78 is 98.1. The van der Waals surface area contributed by atoms with Gasteiger partial charge in [0.2, 0.25) is 12.0 Å².